The van der Waals surface area contributed by atoms with Crippen LogP contribution in [0.1, 0.15) is 57.4 Å². The van der Waals surface area contributed by atoms with Crippen LogP contribution in [0.4, 0.5) is 0 Å². The van der Waals surface area contributed by atoms with Gasteiger partial charge in [0.1, 0.15) is 0 Å². The molecule has 0 N–H and O–H groups in total. The van der Waals surface area contributed by atoms with E-state index in [9.17, 15) is 0 Å². The Labute approximate surface area is 111 Å². The predicted molar refractivity (Wildman–Crippen MR) is 79.4 cm³/mol. The molecule has 1 fully saturated rings. The molecule has 0 radical (unpaired) electrons. The molecule has 0 bridgehead atoms. The summed E-state index contributed by atoms with van der Waals surface area (Å²) in [6.07, 6.45) is 11.9. The van der Waals surface area contributed by atoms with E-state index < -0.39 is 0 Å². The molecule has 2 rings (SSSR count). The summed E-state index contributed by atoms with van der Waals surface area (Å²) in [5.41, 5.74) is 6.11. The fourth-order valence-electron chi connectivity index (χ4n) is 2.82. The Morgan fingerprint density at radius 1 is 1.11 bits per heavy atom. The van der Waals surface area contributed by atoms with Gasteiger partial charge < -0.3 is 0 Å². The quantitative estimate of drug-likeness (QED) is 0.476. The Balaban J connectivity index is 1.94. The lowest BCUT2D eigenvalue weighted by Gasteiger charge is -2.12. The summed E-state index contributed by atoms with van der Waals surface area (Å²) >= 11 is 0. The highest BCUT2D eigenvalue weighted by Gasteiger charge is 2.12. The van der Waals surface area contributed by atoms with E-state index in [0.29, 0.717) is 0 Å². The van der Waals surface area contributed by atoms with Gasteiger partial charge in [-0.05, 0) is 36.5 Å². The highest BCUT2D eigenvalue weighted by atomic mass is 14.2. The summed E-state index contributed by atoms with van der Waals surface area (Å²) in [5, 5.41) is 0. The first kappa shape index (κ1) is 13.2. The van der Waals surface area contributed by atoms with Crippen molar-refractivity contribution >= 4 is 6.08 Å². The molecular formula is C18H24. The molecule has 0 heterocycles. The van der Waals surface area contributed by atoms with Gasteiger partial charge >= 0.3 is 0 Å². The minimum atomic E-state index is 0.907. The fourth-order valence-corrected chi connectivity index (χ4v) is 2.82. The third kappa shape index (κ3) is 4.55. The average Bonchev–Trinajstić information content (AvgIpc) is 2.66. The molecule has 1 aromatic rings. The van der Waals surface area contributed by atoms with Crippen molar-refractivity contribution in [2.24, 2.45) is 5.92 Å². The Morgan fingerprint density at radius 2 is 1.78 bits per heavy atom. The summed E-state index contributed by atoms with van der Waals surface area (Å²) in [4.78, 5) is 0. The Hall–Kier alpha value is -1.26. The highest BCUT2D eigenvalue weighted by Crippen LogP contribution is 2.27. The van der Waals surface area contributed by atoms with Gasteiger partial charge in [0.15, 0.2) is 0 Å². The van der Waals surface area contributed by atoms with Crippen molar-refractivity contribution in [1.29, 1.82) is 0 Å². The maximum Gasteiger partial charge on any atom is -0.0128 e. The summed E-state index contributed by atoms with van der Waals surface area (Å²) < 4.78 is 0. The highest BCUT2D eigenvalue weighted by molar-refractivity contribution is 5.48. The number of hydrogen-bond donors (Lipinski definition) is 0. The summed E-state index contributed by atoms with van der Waals surface area (Å²) in [6.45, 7) is 2.23. The van der Waals surface area contributed by atoms with E-state index in [1.165, 1.54) is 56.1 Å². The molecule has 0 nitrogen and oxygen atoms in total. The normalized spacial score (nSPS) is 16.7. The van der Waals surface area contributed by atoms with Gasteiger partial charge in [0.2, 0.25) is 0 Å². The second-order valence-corrected chi connectivity index (χ2v) is 5.54. The fraction of sp³-hybridized carbons (Fsp3) is 0.500. The van der Waals surface area contributed by atoms with Crippen LogP contribution in [0.15, 0.2) is 41.6 Å². The summed E-state index contributed by atoms with van der Waals surface area (Å²) in [5.74, 6) is 0.907. The second kappa shape index (κ2) is 7.24. The van der Waals surface area contributed by atoms with Gasteiger partial charge in [0.25, 0.3) is 0 Å². The predicted octanol–water partition coefficient (Wildman–Crippen LogP) is 5.61. The Bertz CT molecular complexity index is 399. The summed E-state index contributed by atoms with van der Waals surface area (Å²) in [7, 11) is 0. The smallest absolute Gasteiger partial charge is 0.0128 e. The van der Waals surface area contributed by atoms with E-state index in [0.717, 1.165) is 5.92 Å². The van der Waals surface area contributed by atoms with Crippen LogP contribution < -0.4 is 0 Å². The SMILES string of the molecule is CC(=C=Cc1ccccc1)CC1CCCCCC1. The van der Waals surface area contributed by atoms with E-state index in [2.05, 4.69) is 49.1 Å². The van der Waals surface area contributed by atoms with E-state index >= 15 is 0 Å². The van der Waals surface area contributed by atoms with Crippen molar-refractivity contribution < 1.29 is 0 Å². The molecule has 0 aromatic heterocycles. The van der Waals surface area contributed by atoms with Gasteiger partial charge in [-0.15, -0.1) is 5.73 Å². The van der Waals surface area contributed by atoms with Crippen LogP contribution in [0.2, 0.25) is 0 Å². The molecule has 0 atom stereocenters. The van der Waals surface area contributed by atoms with Crippen molar-refractivity contribution in [2.75, 3.05) is 0 Å². The average molecular weight is 240 g/mol. The first-order valence-corrected chi connectivity index (χ1v) is 7.32. The van der Waals surface area contributed by atoms with Gasteiger partial charge in [-0.3, -0.25) is 0 Å². The molecular weight excluding hydrogens is 216 g/mol. The lowest BCUT2D eigenvalue weighted by molar-refractivity contribution is 0.457. The summed E-state index contributed by atoms with van der Waals surface area (Å²) in [6, 6.07) is 10.5. The van der Waals surface area contributed by atoms with Gasteiger partial charge in [0, 0.05) is 0 Å². The van der Waals surface area contributed by atoms with Crippen LogP contribution in [-0.2, 0) is 0 Å². The minimum Gasteiger partial charge on any atom is -0.121 e. The van der Waals surface area contributed by atoms with Crippen LogP contribution >= 0.6 is 0 Å². The largest absolute Gasteiger partial charge is 0.121 e. The maximum absolute atomic E-state index is 3.46. The zero-order valence-electron chi connectivity index (χ0n) is 11.5. The minimum absolute atomic E-state index is 0.907. The van der Waals surface area contributed by atoms with E-state index in [1.807, 2.05) is 0 Å². The number of rotatable bonds is 3. The molecule has 18 heavy (non-hydrogen) atoms. The third-order valence-corrected chi connectivity index (χ3v) is 3.85. The van der Waals surface area contributed by atoms with Crippen molar-refractivity contribution in [3.63, 3.8) is 0 Å². The zero-order chi connectivity index (χ0) is 12.6. The lowest BCUT2D eigenvalue weighted by atomic mass is 9.93. The molecule has 0 heteroatoms. The van der Waals surface area contributed by atoms with E-state index in [1.54, 1.807) is 0 Å². The van der Waals surface area contributed by atoms with Crippen molar-refractivity contribution in [3.8, 4) is 0 Å². The van der Waals surface area contributed by atoms with Gasteiger partial charge in [-0.2, -0.15) is 0 Å². The standard InChI is InChI=1S/C18H24/c1-16(13-14-17-9-7-4-8-10-17)15-18-11-5-2-3-6-12-18/h4,7-10,14,18H,2-3,5-6,11-12,15H2,1H3. The van der Waals surface area contributed by atoms with Crippen LogP contribution in [0.5, 0.6) is 0 Å². The monoisotopic (exact) mass is 240 g/mol. The van der Waals surface area contributed by atoms with Crippen LogP contribution in [0, 0.1) is 5.92 Å². The van der Waals surface area contributed by atoms with Crippen LogP contribution in [-0.4, -0.2) is 0 Å². The topological polar surface area (TPSA) is 0 Å². The Morgan fingerprint density at radius 3 is 2.44 bits per heavy atom. The molecule has 0 unspecified atom stereocenters. The molecule has 0 spiro atoms. The molecule has 0 aliphatic heterocycles. The van der Waals surface area contributed by atoms with E-state index in [-0.39, 0.29) is 0 Å². The van der Waals surface area contributed by atoms with Crippen molar-refractivity contribution in [2.45, 2.75) is 51.9 Å². The van der Waals surface area contributed by atoms with Crippen LogP contribution in [0.3, 0.4) is 0 Å². The maximum atomic E-state index is 3.46. The molecule has 1 saturated carbocycles. The molecule has 96 valence electrons. The lowest BCUT2D eigenvalue weighted by Crippen LogP contribution is -1.98. The number of allylic oxidation sites excluding steroid dienone is 1. The number of benzene rings is 1. The first-order chi connectivity index (χ1) is 8.84. The molecule has 1 aromatic carbocycles. The Kier molecular flexibility index (Phi) is 5.30. The first-order valence-electron chi connectivity index (χ1n) is 7.32. The molecule has 0 saturated heterocycles. The zero-order valence-corrected chi connectivity index (χ0v) is 11.5. The van der Waals surface area contributed by atoms with E-state index in [4.69, 9.17) is 0 Å². The van der Waals surface area contributed by atoms with Crippen LogP contribution in [0.25, 0.3) is 6.08 Å². The second-order valence-electron chi connectivity index (χ2n) is 5.54. The number of hydrogen-bond acceptors (Lipinski definition) is 0. The van der Waals surface area contributed by atoms with Gasteiger partial charge in [-0.25, -0.2) is 0 Å². The van der Waals surface area contributed by atoms with Gasteiger partial charge in [-0.1, -0.05) is 68.9 Å². The van der Waals surface area contributed by atoms with Crippen molar-refractivity contribution in [1.82, 2.24) is 0 Å². The van der Waals surface area contributed by atoms with Gasteiger partial charge in [0.05, 0.1) is 0 Å². The molecule has 1 aliphatic carbocycles. The van der Waals surface area contributed by atoms with Crippen molar-refractivity contribution in [3.05, 3.63) is 47.2 Å². The molecule has 1 aliphatic rings. The molecule has 0 amide bonds. The third-order valence-electron chi connectivity index (χ3n) is 3.85.